The first kappa shape index (κ1) is 21.5. The van der Waals surface area contributed by atoms with Crippen LogP contribution < -0.4 is 10.1 Å². The van der Waals surface area contributed by atoms with Crippen LogP contribution in [-0.2, 0) is 4.79 Å². The topological polar surface area (TPSA) is 94.8 Å². The average Bonchev–Trinajstić information content (AvgIpc) is 3.19. The number of hydrogen-bond donors (Lipinski definition) is 1. The molecule has 0 fully saturated rings. The molecule has 1 aliphatic rings. The molecule has 8 nitrogen and oxygen atoms in total. The first-order valence-electron chi connectivity index (χ1n) is 11.0. The number of anilines is 1. The Hall–Kier alpha value is -4.33. The van der Waals surface area contributed by atoms with Crippen molar-refractivity contribution in [1.29, 1.82) is 0 Å². The van der Waals surface area contributed by atoms with E-state index in [9.17, 15) is 4.79 Å². The highest BCUT2D eigenvalue weighted by atomic mass is 16.5. The van der Waals surface area contributed by atoms with Crippen LogP contribution in [0.2, 0.25) is 0 Å². The molecule has 0 unspecified atom stereocenters. The third-order valence-corrected chi connectivity index (χ3v) is 5.84. The number of ether oxygens (including phenoxy) is 1. The Morgan fingerprint density at radius 2 is 1.91 bits per heavy atom. The fourth-order valence-corrected chi connectivity index (χ4v) is 4.18. The number of aryl methyl sites for hydroxylation is 2. The highest BCUT2D eigenvalue weighted by molar-refractivity contribution is 5.95. The molecule has 34 heavy (non-hydrogen) atoms. The van der Waals surface area contributed by atoms with Crippen molar-refractivity contribution in [3.63, 3.8) is 0 Å². The van der Waals surface area contributed by atoms with E-state index in [1.807, 2.05) is 62.4 Å². The third kappa shape index (κ3) is 4.05. The first-order valence-corrected chi connectivity index (χ1v) is 11.0. The van der Waals surface area contributed by atoms with Gasteiger partial charge >= 0.3 is 0 Å². The first-order chi connectivity index (χ1) is 16.5. The van der Waals surface area contributed by atoms with E-state index in [1.54, 1.807) is 17.0 Å². The van der Waals surface area contributed by atoms with Crippen LogP contribution in [0.5, 0.6) is 5.75 Å². The van der Waals surface area contributed by atoms with E-state index in [-0.39, 0.29) is 11.8 Å². The van der Waals surface area contributed by atoms with Crippen LogP contribution in [0.1, 0.15) is 34.7 Å². The number of nitrogens with one attached hydrogen (secondary N) is 1. The van der Waals surface area contributed by atoms with Crippen molar-refractivity contribution < 1.29 is 9.53 Å². The van der Waals surface area contributed by atoms with Crippen LogP contribution in [0.15, 0.2) is 67.4 Å². The molecular formula is C26H24N6O2. The molecule has 3 heterocycles. The van der Waals surface area contributed by atoms with Crippen molar-refractivity contribution in [3.05, 3.63) is 89.8 Å². The predicted molar refractivity (Wildman–Crippen MR) is 129 cm³/mol. The monoisotopic (exact) mass is 452 g/mol. The van der Waals surface area contributed by atoms with Crippen molar-refractivity contribution >= 4 is 11.7 Å². The van der Waals surface area contributed by atoms with Crippen molar-refractivity contribution in [2.45, 2.75) is 26.2 Å². The minimum absolute atomic E-state index is 0.0896. The summed E-state index contributed by atoms with van der Waals surface area (Å²) < 4.78 is 7.16. The fraction of sp³-hybridized carbons (Fsp3) is 0.192. The maximum Gasteiger partial charge on any atom is 0.272 e. The number of benzene rings is 2. The number of amides is 1. The second-order valence-corrected chi connectivity index (χ2v) is 8.24. The molecule has 1 atom stereocenters. The Morgan fingerprint density at radius 1 is 1.15 bits per heavy atom. The molecule has 2 aromatic carbocycles. The number of carbonyl (C=O) groups is 1. The van der Waals surface area contributed by atoms with Gasteiger partial charge in [-0.3, -0.25) is 4.79 Å². The van der Waals surface area contributed by atoms with Crippen LogP contribution in [-0.4, -0.2) is 37.5 Å². The van der Waals surface area contributed by atoms with Gasteiger partial charge in [-0.1, -0.05) is 54.6 Å². The molecule has 8 heteroatoms. The predicted octanol–water partition coefficient (Wildman–Crippen LogP) is 4.38. The summed E-state index contributed by atoms with van der Waals surface area (Å²) >= 11 is 0. The minimum Gasteiger partial charge on any atom is -0.490 e. The van der Waals surface area contributed by atoms with Gasteiger partial charge in [0.05, 0.1) is 17.6 Å². The van der Waals surface area contributed by atoms with Gasteiger partial charge in [0.25, 0.3) is 5.95 Å². The van der Waals surface area contributed by atoms with Gasteiger partial charge in [0.1, 0.15) is 18.2 Å². The highest BCUT2D eigenvalue weighted by Crippen LogP contribution is 2.40. The van der Waals surface area contributed by atoms with Crippen LogP contribution in [0.3, 0.4) is 0 Å². The van der Waals surface area contributed by atoms with Crippen molar-refractivity contribution in [2.75, 3.05) is 11.9 Å². The summed E-state index contributed by atoms with van der Waals surface area (Å²) in [5.41, 5.74) is 5.54. The van der Waals surface area contributed by atoms with Gasteiger partial charge in [-0.15, -0.1) is 5.10 Å². The molecule has 1 N–H and O–H groups in total. The van der Waals surface area contributed by atoms with Gasteiger partial charge in [-0.25, -0.2) is 4.98 Å². The Bertz CT molecular complexity index is 1360. The summed E-state index contributed by atoms with van der Waals surface area (Å²) in [6, 6.07) is 15.8. The van der Waals surface area contributed by atoms with E-state index in [0.717, 1.165) is 33.7 Å². The normalized spacial score (nSPS) is 14.9. The number of rotatable bonds is 6. The molecule has 0 saturated carbocycles. The minimum atomic E-state index is -0.140. The van der Waals surface area contributed by atoms with E-state index in [0.29, 0.717) is 30.5 Å². The largest absolute Gasteiger partial charge is 0.490 e. The van der Waals surface area contributed by atoms with E-state index in [4.69, 9.17) is 4.74 Å². The molecule has 0 aliphatic carbocycles. The molecule has 0 bridgehead atoms. The smallest absolute Gasteiger partial charge is 0.272 e. The van der Waals surface area contributed by atoms with Gasteiger partial charge in [0, 0.05) is 23.5 Å². The Balaban J connectivity index is 1.53. The van der Waals surface area contributed by atoms with Gasteiger partial charge < -0.3 is 10.1 Å². The molecule has 170 valence electrons. The molecule has 0 radical (unpaired) electrons. The van der Waals surface area contributed by atoms with E-state index < -0.39 is 0 Å². The standard InChI is InChI=1S/C26H24N6O2/c1-4-13-34-20-11-9-18(10-12-20)21-14-23(33)29-25-24(21)17(3)31-32(25)26-28-22(15-27-30-26)19-7-5-16(2)6-8-19/h4-12,15,21H,1,13-14H2,2-3H3,(H,29,33)/t21-/m0/s1. The zero-order valence-corrected chi connectivity index (χ0v) is 19.0. The van der Waals surface area contributed by atoms with Gasteiger partial charge in [-0.2, -0.15) is 14.9 Å². The van der Waals surface area contributed by atoms with E-state index in [2.05, 4.69) is 32.2 Å². The summed E-state index contributed by atoms with van der Waals surface area (Å²) in [5.74, 6) is 1.40. The lowest BCUT2D eigenvalue weighted by Crippen LogP contribution is -2.25. The number of nitrogens with zero attached hydrogens (tertiary/aromatic N) is 5. The molecule has 5 rings (SSSR count). The number of aromatic nitrogens is 5. The van der Waals surface area contributed by atoms with Crippen LogP contribution in [0.4, 0.5) is 5.82 Å². The SMILES string of the molecule is C=CCOc1ccc([C@@H]2CC(=O)Nc3c2c(C)nn3-c2nncc(-c3ccc(C)cc3)n2)cc1. The van der Waals surface area contributed by atoms with Crippen LogP contribution in [0.25, 0.3) is 17.2 Å². The molecule has 1 amide bonds. The quantitative estimate of drug-likeness (QED) is 0.436. The summed E-state index contributed by atoms with van der Waals surface area (Å²) in [4.78, 5) is 17.4. The molecule has 1 aliphatic heterocycles. The second-order valence-electron chi connectivity index (χ2n) is 8.24. The highest BCUT2D eigenvalue weighted by Gasteiger charge is 2.33. The lowest BCUT2D eigenvalue weighted by atomic mass is 9.86. The molecule has 0 spiro atoms. The summed E-state index contributed by atoms with van der Waals surface area (Å²) in [6.07, 6.45) is 3.65. The maximum atomic E-state index is 12.7. The summed E-state index contributed by atoms with van der Waals surface area (Å²) in [6.45, 7) is 8.08. The van der Waals surface area contributed by atoms with Gasteiger partial charge in [0.2, 0.25) is 5.91 Å². The zero-order chi connectivity index (χ0) is 23.7. The van der Waals surface area contributed by atoms with E-state index in [1.165, 1.54) is 0 Å². The Kier molecular flexibility index (Phi) is 5.63. The maximum absolute atomic E-state index is 12.7. The van der Waals surface area contributed by atoms with Crippen LogP contribution in [0, 0.1) is 13.8 Å². The molecular weight excluding hydrogens is 428 g/mol. The van der Waals surface area contributed by atoms with E-state index >= 15 is 0 Å². The molecule has 2 aromatic heterocycles. The Morgan fingerprint density at radius 3 is 2.65 bits per heavy atom. The average molecular weight is 453 g/mol. The fourth-order valence-electron chi connectivity index (χ4n) is 4.18. The second kappa shape index (κ2) is 8.90. The van der Waals surface area contributed by atoms with Gasteiger partial charge in [-0.05, 0) is 31.5 Å². The zero-order valence-electron chi connectivity index (χ0n) is 19.0. The van der Waals surface area contributed by atoms with Crippen LogP contribution >= 0.6 is 0 Å². The van der Waals surface area contributed by atoms with Crippen molar-refractivity contribution in [3.8, 4) is 23.0 Å². The van der Waals surface area contributed by atoms with Crippen molar-refractivity contribution in [2.24, 2.45) is 0 Å². The molecule has 4 aromatic rings. The lowest BCUT2D eigenvalue weighted by Gasteiger charge is -2.24. The Labute approximate surface area is 197 Å². The third-order valence-electron chi connectivity index (χ3n) is 5.84. The van der Waals surface area contributed by atoms with Crippen molar-refractivity contribution in [1.82, 2.24) is 25.0 Å². The lowest BCUT2D eigenvalue weighted by molar-refractivity contribution is -0.116. The number of hydrogen-bond acceptors (Lipinski definition) is 6. The number of fused-ring (bicyclic) bond motifs is 1. The van der Waals surface area contributed by atoms with Gasteiger partial charge in [0.15, 0.2) is 0 Å². The summed E-state index contributed by atoms with van der Waals surface area (Å²) in [5, 5.41) is 16.0. The number of carbonyl (C=O) groups excluding carboxylic acids is 1. The molecule has 0 saturated heterocycles. The summed E-state index contributed by atoms with van der Waals surface area (Å²) in [7, 11) is 0.